The summed E-state index contributed by atoms with van der Waals surface area (Å²) in [6.45, 7) is 8.90. The van der Waals surface area contributed by atoms with E-state index in [0.717, 1.165) is 19.4 Å². The standard InChI is InChI=1S/C14H25N3O2/c1-4-16-12(8-10(2)3)14(19)17-11-6-5-7-15-9-13(11)18/h4,10-12,15-16H,1,5-9H2,2-3H3,(H,17,19)/t11-,12+/m1/s1. The van der Waals surface area contributed by atoms with Crippen molar-refractivity contribution in [3.8, 4) is 0 Å². The molecule has 0 saturated carbocycles. The molecule has 3 N–H and O–H groups in total. The maximum atomic E-state index is 12.2. The van der Waals surface area contributed by atoms with E-state index in [9.17, 15) is 9.59 Å². The van der Waals surface area contributed by atoms with Gasteiger partial charge >= 0.3 is 0 Å². The van der Waals surface area contributed by atoms with Crippen LogP contribution in [0.1, 0.15) is 33.1 Å². The largest absolute Gasteiger partial charge is 0.380 e. The fraction of sp³-hybridized carbons (Fsp3) is 0.714. The number of hydrogen-bond acceptors (Lipinski definition) is 4. The lowest BCUT2D eigenvalue weighted by Crippen LogP contribution is -2.50. The average molecular weight is 267 g/mol. The number of nitrogens with one attached hydrogen (secondary N) is 3. The molecule has 0 bridgehead atoms. The minimum absolute atomic E-state index is 0.0627. The molecule has 0 aromatic rings. The molecule has 0 aromatic carbocycles. The molecule has 2 atom stereocenters. The van der Waals surface area contributed by atoms with Crippen LogP contribution in [0.25, 0.3) is 0 Å². The summed E-state index contributed by atoms with van der Waals surface area (Å²) in [7, 11) is 0. The first kappa shape index (κ1) is 15.7. The van der Waals surface area contributed by atoms with E-state index in [1.807, 2.05) is 0 Å². The van der Waals surface area contributed by atoms with E-state index >= 15 is 0 Å². The van der Waals surface area contributed by atoms with Gasteiger partial charge in [0.25, 0.3) is 0 Å². The summed E-state index contributed by atoms with van der Waals surface area (Å²) < 4.78 is 0. The summed E-state index contributed by atoms with van der Waals surface area (Å²) in [5.41, 5.74) is 0. The molecule has 1 fully saturated rings. The zero-order valence-corrected chi connectivity index (χ0v) is 11.9. The number of carbonyl (C=O) groups excluding carboxylic acids is 2. The summed E-state index contributed by atoms with van der Waals surface area (Å²) >= 11 is 0. The quantitative estimate of drug-likeness (QED) is 0.658. The molecule has 0 radical (unpaired) electrons. The number of Topliss-reactive ketones (excluding diaryl/α,β-unsaturated/α-hetero) is 1. The topological polar surface area (TPSA) is 70.2 Å². The van der Waals surface area contributed by atoms with Gasteiger partial charge in [-0.2, -0.15) is 0 Å². The Bertz CT molecular complexity index is 329. The third kappa shape index (κ3) is 5.42. The second-order valence-electron chi connectivity index (χ2n) is 5.40. The van der Waals surface area contributed by atoms with E-state index < -0.39 is 0 Å². The molecule has 1 heterocycles. The minimum Gasteiger partial charge on any atom is -0.380 e. The monoisotopic (exact) mass is 267 g/mol. The maximum absolute atomic E-state index is 12.2. The molecule has 0 unspecified atom stereocenters. The molecule has 108 valence electrons. The Morgan fingerprint density at radius 2 is 2.32 bits per heavy atom. The van der Waals surface area contributed by atoms with Gasteiger partial charge < -0.3 is 16.0 Å². The molecule has 5 heteroatoms. The number of carbonyl (C=O) groups is 2. The normalized spacial score (nSPS) is 21.6. The lowest BCUT2D eigenvalue weighted by Gasteiger charge is -2.22. The van der Waals surface area contributed by atoms with Crippen molar-refractivity contribution in [1.82, 2.24) is 16.0 Å². The Morgan fingerprint density at radius 3 is 2.95 bits per heavy atom. The Kier molecular flexibility index (Phi) is 6.56. The molecule has 1 saturated heterocycles. The van der Waals surface area contributed by atoms with E-state index in [4.69, 9.17) is 0 Å². The van der Waals surface area contributed by atoms with Crippen LogP contribution in [0.4, 0.5) is 0 Å². The summed E-state index contributed by atoms with van der Waals surface area (Å²) in [5.74, 6) is 0.344. The number of amides is 1. The Labute approximate surface area is 115 Å². The van der Waals surface area contributed by atoms with Crippen molar-refractivity contribution in [2.45, 2.75) is 45.2 Å². The highest BCUT2D eigenvalue weighted by Gasteiger charge is 2.26. The molecular weight excluding hydrogens is 242 g/mol. The van der Waals surface area contributed by atoms with Crippen LogP contribution in [0.3, 0.4) is 0 Å². The van der Waals surface area contributed by atoms with Gasteiger partial charge in [-0.25, -0.2) is 0 Å². The molecule has 1 amide bonds. The van der Waals surface area contributed by atoms with E-state index in [-0.39, 0.29) is 23.8 Å². The van der Waals surface area contributed by atoms with E-state index in [2.05, 4.69) is 36.4 Å². The molecular formula is C14H25N3O2. The molecule has 0 aromatic heterocycles. The van der Waals surface area contributed by atoms with Crippen molar-refractivity contribution in [1.29, 1.82) is 0 Å². The molecule has 1 aliphatic rings. The summed E-state index contributed by atoms with van der Waals surface area (Å²) in [6.07, 6.45) is 3.86. The van der Waals surface area contributed by atoms with Crippen molar-refractivity contribution < 1.29 is 9.59 Å². The van der Waals surface area contributed by atoms with Gasteiger partial charge in [-0.3, -0.25) is 9.59 Å². The molecule has 1 rings (SSSR count). The third-order valence-electron chi connectivity index (χ3n) is 3.19. The van der Waals surface area contributed by atoms with E-state index in [1.165, 1.54) is 6.20 Å². The smallest absolute Gasteiger partial charge is 0.243 e. The summed E-state index contributed by atoms with van der Waals surface area (Å²) in [6, 6.07) is -0.676. The maximum Gasteiger partial charge on any atom is 0.243 e. The fourth-order valence-corrected chi connectivity index (χ4v) is 2.22. The van der Waals surface area contributed by atoms with Crippen LogP contribution in [-0.2, 0) is 9.59 Å². The molecule has 1 aliphatic heterocycles. The highest BCUT2D eigenvalue weighted by atomic mass is 16.2. The van der Waals surface area contributed by atoms with Gasteiger partial charge in [-0.1, -0.05) is 20.4 Å². The van der Waals surface area contributed by atoms with Gasteiger partial charge in [0, 0.05) is 0 Å². The first-order chi connectivity index (χ1) is 9.04. The second kappa shape index (κ2) is 7.94. The van der Waals surface area contributed by atoms with Gasteiger partial charge in [0.15, 0.2) is 5.78 Å². The van der Waals surface area contributed by atoms with E-state index in [0.29, 0.717) is 18.9 Å². The molecule has 19 heavy (non-hydrogen) atoms. The van der Waals surface area contributed by atoms with Crippen LogP contribution in [0.2, 0.25) is 0 Å². The SMILES string of the molecule is C=CN[C@@H](CC(C)C)C(=O)N[C@@H]1CCCNCC1=O. The van der Waals surface area contributed by atoms with Crippen LogP contribution in [0.5, 0.6) is 0 Å². The lowest BCUT2D eigenvalue weighted by molar-refractivity contribution is -0.128. The zero-order valence-electron chi connectivity index (χ0n) is 11.9. The molecule has 5 nitrogen and oxygen atoms in total. The highest BCUT2D eigenvalue weighted by molar-refractivity contribution is 5.92. The second-order valence-corrected chi connectivity index (χ2v) is 5.40. The van der Waals surface area contributed by atoms with Gasteiger partial charge in [-0.15, -0.1) is 0 Å². The van der Waals surface area contributed by atoms with Gasteiger partial charge in [0.1, 0.15) is 6.04 Å². The van der Waals surface area contributed by atoms with Crippen LogP contribution in [0.15, 0.2) is 12.8 Å². The minimum atomic E-state index is -0.358. The Balaban J connectivity index is 2.58. The van der Waals surface area contributed by atoms with Gasteiger partial charge in [0.2, 0.25) is 5.91 Å². The molecule has 0 aliphatic carbocycles. The highest BCUT2D eigenvalue weighted by Crippen LogP contribution is 2.07. The van der Waals surface area contributed by atoms with Gasteiger partial charge in [-0.05, 0) is 37.9 Å². The number of ketones is 1. The summed E-state index contributed by atoms with van der Waals surface area (Å²) in [4.78, 5) is 24.0. The first-order valence-corrected chi connectivity index (χ1v) is 6.95. The third-order valence-corrected chi connectivity index (χ3v) is 3.19. The Morgan fingerprint density at radius 1 is 1.58 bits per heavy atom. The van der Waals surface area contributed by atoms with E-state index in [1.54, 1.807) is 0 Å². The van der Waals surface area contributed by atoms with Crippen molar-refractivity contribution in [3.63, 3.8) is 0 Å². The van der Waals surface area contributed by atoms with Crippen LogP contribution < -0.4 is 16.0 Å². The van der Waals surface area contributed by atoms with Crippen molar-refractivity contribution in [2.24, 2.45) is 5.92 Å². The fourth-order valence-electron chi connectivity index (χ4n) is 2.22. The number of rotatable bonds is 6. The van der Waals surface area contributed by atoms with Crippen LogP contribution >= 0.6 is 0 Å². The van der Waals surface area contributed by atoms with Crippen molar-refractivity contribution in [3.05, 3.63) is 12.8 Å². The predicted molar refractivity (Wildman–Crippen MR) is 75.6 cm³/mol. The van der Waals surface area contributed by atoms with Gasteiger partial charge in [0.05, 0.1) is 12.6 Å². The Hall–Kier alpha value is -1.36. The summed E-state index contributed by atoms with van der Waals surface area (Å²) in [5, 5.41) is 8.87. The molecule has 0 spiro atoms. The van der Waals surface area contributed by atoms with Crippen LogP contribution in [-0.4, -0.2) is 36.9 Å². The predicted octanol–water partition coefficient (Wildman–Crippen LogP) is 0.571. The lowest BCUT2D eigenvalue weighted by atomic mass is 10.0. The van der Waals surface area contributed by atoms with Crippen LogP contribution in [0, 0.1) is 5.92 Å². The average Bonchev–Trinajstić information content (AvgIpc) is 2.54. The number of hydrogen-bond donors (Lipinski definition) is 3. The van der Waals surface area contributed by atoms with Crippen molar-refractivity contribution in [2.75, 3.05) is 13.1 Å². The van der Waals surface area contributed by atoms with Crippen molar-refractivity contribution >= 4 is 11.7 Å². The first-order valence-electron chi connectivity index (χ1n) is 6.95. The zero-order chi connectivity index (χ0) is 14.3.